The standard InChI is InChI=1S/C14H12N2O2S/c1-16-11-5-4-9(8-13(17)18)7-10(11)15-14(16)12-3-2-6-19-12/h2-7H,8H2,1H3,(H,17,18). The molecule has 19 heavy (non-hydrogen) atoms. The van der Waals surface area contributed by atoms with E-state index in [4.69, 9.17) is 5.11 Å². The third kappa shape index (κ3) is 2.13. The summed E-state index contributed by atoms with van der Waals surface area (Å²) in [6.45, 7) is 0. The highest BCUT2D eigenvalue weighted by molar-refractivity contribution is 7.13. The summed E-state index contributed by atoms with van der Waals surface area (Å²) in [7, 11) is 1.97. The number of thiophene rings is 1. The van der Waals surface area contributed by atoms with Crippen molar-refractivity contribution in [1.29, 1.82) is 0 Å². The number of hydrogen-bond donors (Lipinski definition) is 1. The summed E-state index contributed by atoms with van der Waals surface area (Å²) in [5, 5.41) is 10.8. The van der Waals surface area contributed by atoms with E-state index in [0.717, 1.165) is 27.3 Å². The van der Waals surface area contributed by atoms with Crippen molar-refractivity contribution in [2.24, 2.45) is 7.05 Å². The van der Waals surface area contributed by atoms with E-state index in [1.54, 1.807) is 11.3 Å². The van der Waals surface area contributed by atoms with Gasteiger partial charge >= 0.3 is 5.97 Å². The number of fused-ring (bicyclic) bond motifs is 1. The molecule has 0 saturated carbocycles. The lowest BCUT2D eigenvalue weighted by Gasteiger charge is -2.00. The number of aryl methyl sites for hydroxylation is 1. The highest BCUT2D eigenvalue weighted by atomic mass is 32.1. The van der Waals surface area contributed by atoms with Crippen molar-refractivity contribution < 1.29 is 9.90 Å². The maximum atomic E-state index is 10.7. The molecule has 0 aliphatic heterocycles. The number of carboxylic acid groups (broad SMARTS) is 1. The van der Waals surface area contributed by atoms with Crippen molar-refractivity contribution in [2.45, 2.75) is 6.42 Å². The molecule has 0 unspecified atom stereocenters. The zero-order valence-corrected chi connectivity index (χ0v) is 11.1. The predicted octanol–water partition coefficient (Wildman–Crippen LogP) is 2.93. The minimum Gasteiger partial charge on any atom is -0.481 e. The fourth-order valence-corrected chi connectivity index (χ4v) is 2.90. The molecule has 1 N–H and O–H groups in total. The number of carboxylic acids is 1. The zero-order chi connectivity index (χ0) is 13.4. The molecule has 0 fully saturated rings. The van der Waals surface area contributed by atoms with Crippen LogP contribution < -0.4 is 0 Å². The summed E-state index contributed by atoms with van der Waals surface area (Å²) in [4.78, 5) is 16.5. The van der Waals surface area contributed by atoms with Gasteiger partial charge in [-0.1, -0.05) is 12.1 Å². The van der Waals surface area contributed by atoms with E-state index in [1.165, 1.54) is 0 Å². The lowest BCUT2D eigenvalue weighted by Crippen LogP contribution is -1.99. The topological polar surface area (TPSA) is 55.1 Å². The number of benzene rings is 1. The number of rotatable bonds is 3. The van der Waals surface area contributed by atoms with Gasteiger partial charge < -0.3 is 9.67 Å². The quantitative estimate of drug-likeness (QED) is 0.797. The SMILES string of the molecule is Cn1c(-c2cccs2)nc2cc(CC(=O)O)ccc21. The average molecular weight is 272 g/mol. The van der Waals surface area contributed by atoms with Crippen LogP contribution in [0.15, 0.2) is 35.7 Å². The van der Waals surface area contributed by atoms with Crippen LogP contribution >= 0.6 is 11.3 Å². The van der Waals surface area contributed by atoms with Gasteiger partial charge in [0.25, 0.3) is 0 Å². The van der Waals surface area contributed by atoms with Crippen LogP contribution in [-0.4, -0.2) is 20.6 Å². The zero-order valence-electron chi connectivity index (χ0n) is 10.3. The van der Waals surface area contributed by atoms with E-state index in [1.807, 2.05) is 47.3 Å². The summed E-state index contributed by atoms with van der Waals surface area (Å²) >= 11 is 1.64. The smallest absolute Gasteiger partial charge is 0.307 e. The summed E-state index contributed by atoms with van der Waals surface area (Å²) in [6.07, 6.45) is 0.0286. The molecule has 2 heterocycles. The van der Waals surface area contributed by atoms with Gasteiger partial charge in [-0.2, -0.15) is 0 Å². The summed E-state index contributed by atoms with van der Waals surface area (Å²) in [6, 6.07) is 9.65. The molecule has 0 atom stereocenters. The van der Waals surface area contributed by atoms with E-state index in [9.17, 15) is 4.79 Å². The molecule has 2 aromatic heterocycles. The van der Waals surface area contributed by atoms with Crippen molar-refractivity contribution in [3.05, 3.63) is 41.3 Å². The van der Waals surface area contributed by atoms with Crippen LogP contribution in [0.25, 0.3) is 21.7 Å². The van der Waals surface area contributed by atoms with Gasteiger partial charge in [-0.05, 0) is 29.1 Å². The third-order valence-electron chi connectivity index (χ3n) is 3.04. The van der Waals surface area contributed by atoms with Crippen LogP contribution in [0.5, 0.6) is 0 Å². The molecule has 4 nitrogen and oxygen atoms in total. The van der Waals surface area contributed by atoms with E-state index in [2.05, 4.69) is 4.98 Å². The maximum Gasteiger partial charge on any atom is 0.307 e. The van der Waals surface area contributed by atoms with Crippen LogP contribution in [-0.2, 0) is 18.3 Å². The molecule has 0 aliphatic rings. The highest BCUT2D eigenvalue weighted by Gasteiger charge is 2.11. The van der Waals surface area contributed by atoms with Gasteiger partial charge in [0.15, 0.2) is 5.82 Å². The molecule has 0 aliphatic carbocycles. The number of imidazole rings is 1. The van der Waals surface area contributed by atoms with E-state index in [-0.39, 0.29) is 6.42 Å². The molecule has 96 valence electrons. The number of nitrogens with zero attached hydrogens (tertiary/aromatic N) is 2. The molecular formula is C14H12N2O2S. The Hall–Kier alpha value is -2.14. The first kappa shape index (κ1) is 11.9. The molecule has 0 amide bonds. The second-order valence-corrected chi connectivity index (χ2v) is 5.31. The van der Waals surface area contributed by atoms with E-state index in [0.29, 0.717) is 0 Å². The van der Waals surface area contributed by atoms with Crippen molar-refractivity contribution in [3.8, 4) is 10.7 Å². The van der Waals surface area contributed by atoms with Crippen LogP contribution in [0.1, 0.15) is 5.56 Å². The van der Waals surface area contributed by atoms with E-state index < -0.39 is 5.97 Å². The molecule has 5 heteroatoms. The van der Waals surface area contributed by atoms with Crippen LogP contribution in [0, 0.1) is 0 Å². The van der Waals surface area contributed by atoms with Crippen molar-refractivity contribution in [2.75, 3.05) is 0 Å². The van der Waals surface area contributed by atoms with Gasteiger partial charge in [-0.3, -0.25) is 4.79 Å². The second-order valence-electron chi connectivity index (χ2n) is 4.37. The summed E-state index contributed by atoms with van der Waals surface area (Å²) in [5.41, 5.74) is 2.62. The monoisotopic (exact) mass is 272 g/mol. The van der Waals surface area contributed by atoms with Gasteiger partial charge in [0.2, 0.25) is 0 Å². The summed E-state index contributed by atoms with van der Waals surface area (Å²) in [5.74, 6) is 0.0891. The Morgan fingerprint density at radius 1 is 1.42 bits per heavy atom. The molecule has 3 rings (SSSR count). The van der Waals surface area contributed by atoms with Crippen LogP contribution in [0.3, 0.4) is 0 Å². The largest absolute Gasteiger partial charge is 0.481 e. The summed E-state index contributed by atoms with van der Waals surface area (Å²) < 4.78 is 2.03. The van der Waals surface area contributed by atoms with Crippen LogP contribution in [0.4, 0.5) is 0 Å². The Morgan fingerprint density at radius 3 is 2.95 bits per heavy atom. The third-order valence-corrected chi connectivity index (χ3v) is 3.91. The number of hydrogen-bond acceptors (Lipinski definition) is 3. The van der Waals surface area contributed by atoms with Crippen molar-refractivity contribution >= 4 is 28.3 Å². The Morgan fingerprint density at radius 2 is 2.26 bits per heavy atom. The van der Waals surface area contributed by atoms with Crippen molar-refractivity contribution in [1.82, 2.24) is 9.55 Å². The first-order valence-electron chi connectivity index (χ1n) is 5.86. The average Bonchev–Trinajstić information content (AvgIpc) is 2.96. The van der Waals surface area contributed by atoms with Gasteiger partial charge in [0, 0.05) is 7.05 Å². The minimum absolute atomic E-state index is 0.0286. The lowest BCUT2D eigenvalue weighted by molar-refractivity contribution is -0.136. The molecule has 0 radical (unpaired) electrons. The predicted molar refractivity (Wildman–Crippen MR) is 75.4 cm³/mol. The number of carbonyl (C=O) groups is 1. The normalized spacial score (nSPS) is 11.0. The molecular weight excluding hydrogens is 260 g/mol. The first-order chi connectivity index (χ1) is 9.15. The van der Waals surface area contributed by atoms with Crippen molar-refractivity contribution in [3.63, 3.8) is 0 Å². The fraction of sp³-hybridized carbons (Fsp3) is 0.143. The number of aliphatic carboxylic acids is 1. The van der Waals surface area contributed by atoms with Gasteiger partial charge in [-0.25, -0.2) is 4.98 Å². The van der Waals surface area contributed by atoms with Gasteiger partial charge in [0.1, 0.15) is 0 Å². The number of aromatic nitrogens is 2. The molecule has 1 aromatic carbocycles. The first-order valence-corrected chi connectivity index (χ1v) is 6.74. The van der Waals surface area contributed by atoms with Crippen LogP contribution in [0.2, 0.25) is 0 Å². The Kier molecular flexibility index (Phi) is 2.83. The lowest BCUT2D eigenvalue weighted by atomic mass is 10.1. The Labute approximate surface area is 113 Å². The minimum atomic E-state index is -0.825. The van der Waals surface area contributed by atoms with E-state index >= 15 is 0 Å². The second kappa shape index (κ2) is 4.51. The Bertz CT molecular complexity index is 744. The Balaban J connectivity index is 2.12. The van der Waals surface area contributed by atoms with Gasteiger partial charge in [0.05, 0.1) is 22.3 Å². The molecule has 0 spiro atoms. The van der Waals surface area contributed by atoms with Gasteiger partial charge in [-0.15, -0.1) is 11.3 Å². The molecule has 3 aromatic rings. The molecule has 0 bridgehead atoms. The fourth-order valence-electron chi connectivity index (χ4n) is 2.16. The maximum absolute atomic E-state index is 10.7. The molecule has 0 saturated heterocycles. The highest BCUT2D eigenvalue weighted by Crippen LogP contribution is 2.27.